The highest BCUT2D eigenvalue weighted by Gasteiger charge is 2.20. The molecule has 0 radical (unpaired) electrons. The number of carbonyl (C=O) groups excluding carboxylic acids is 1. The molecule has 154 valence electrons. The van der Waals surface area contributed by atoms with Crippen LogP contribution in [0.3, 0.4) is 0 Å². The number of hydrogen-bond acceptors (Lipinski definition) is 4. The van der Waals surface area contributed by atoms with Crippen molar-refractivity contribution in [3.8, 4) is 0 Å². The Morgan fingerprint density at radius 3 is 2.56 bits per heavy atom. The Balaban J connectivity index is 0.00000364. The summed E-state index contributed by atoms with van der Waals surface area (Å²) in [4.78, 5) is 21.3. The fraction of sp³-hybridized carbons (Fsp3) is 0.737. The van der Waals surface area contributed by atoms with E-state index in [0.29, 0.717) is 25.6 Å². The molecule has 2 rings (SSSR count). The number of rotatable bonds is 8. The molecule has 0 spiro atoms. The van der Waals surface area contributed by atoms with E-state index in [1.807, 2.05) is 6.92 Å². The number of hydrogen-bond donors (Lipinski definition) is 3. The molecular weight excluding hydrogens is 473 g/mol. The second-order valence-corrected chi connectivity index (χ2v) is 8.01. The third-order valence-electron chi connectivity index (χ3n) is 4.57. The van der Waals surface area contributed by atoms with Crippen molar-refractivity contribution in [1.29, 1.82) is 0 Å². The molecule has 1 amide bonds. The van der Waals surface area contributed by atoms with Crippen molar-refractivity contribution in [1.82, 2.24) is 20.9 Å². The van der Waals surface area contributed by atoms with Crippen LogP contribution in [0.25, 0.3) is 0 Å². The van der Waals surface area contributed by atoms with E-state index in [0.717, 1.165) is 36.0 Å². The summed E-state index contributed by atoms with van der Waals surface area (Å²) in [5, 5.41) is 12.7. The molecule has 8 heteroatoms. The lowest BCUT2D eigenvalue weighted by Crippen LogP contribution is -2.42. The van der Waals surface area contributed by atoms with Crippen LogP contribution in [0.4, 0.5) is 0 Å². The summed E-state index contributed by atoms with van der Waals surface area (Å²) in [5.74, 6) is 1.63. The number of halogens is 1. The SMILES string of the molecule is CCNC(=NCc1nc(C(C)C)cs1)NCCNC(=O)C1CCCCC1.I. The second kappa shape index (κ2) is 13.3. The van der Waals surface area contributed by atoms with Gasteiger partial charge in [0.15, 0.2) is 5.96 Å². The first kappa shape index (κ1) is 24.1. The number of amides is 1. The Kier molecular flexibility index (Phi) is 11.9. The van der Waals surface area contributed by atoms with Crippen LogP contribution >= 0.6 is 35.3 Å². The minimum Gasteiger partial charge on any atom is -0.357 e. The first-order chi connectivity index (χ1) is 12.6. The fourth-order valence-electron chi connectivity index (χ4n) is 3.03. The van der Waals surface area contributed by atoms with Crippen LogP contribution in [0.2, 0.25) is 0 Å². The summed E-state index contributed by atoms with van der Waals surface area (Å²) < 4.78 is 0. The molecule has 1 aromatic heterocycles. The van der Waals surface area contributed by atoms with Gasteiger partial charge in [0.05, 0.1) is 12.2 Å². The molecule has 1 heterocycles. The zero-order chi connectivity index (χ0) is 18.8. The smallest absolute Gasteiger partial charge is 0.223 e. The maximum atomic E-state index is 12.1. The molecule has 1 aliphatic carbocycles. The Bertz CT molecular complexity index is 584. The van der Waals surface area contributed by atoms with Gasteiger partial charge in [0.25, 0.3) is 0 Å². The Morgan fingerprint density at radius 1 is 1.22 bits per heavy atom. The van der Waals surface area contributed by atoms with Crippen LogP contribution in [0.15, 0.2) is 10.4 Å². The number of aromatic nitrogens is 1. The largest absolute Gasteiger partial charge is 0.357 e. The predicted molar refractivity (Wildman–Crippen MR) is 124 cm³/mol. The third-order valence-corrected chi connectivity index (χ3v) is 5.42. The first-order valence-electron chi connectivity index (χ1n) is 9.84. The van der Waals surface area contributed by atoms with Gasteiger partial charge in [0, 0.05) is 30.9 Å². The van der Waals surface area contributed by atoms with Crippen molar-refractivity contribution < 1.29 is 4.79 Å². The molecule has 1 fully saturated rings. The van der Waals surface area contributed by atoms with Gasteiger partial charge < -0.3 is 16.0 Å². The zero-order valence-corrected chi connectivity index (χ0v) is 19.9. The van der Waals surface area contributed by atoms with Gasteiger partial charge in [-0.3, -0.25) is 4.79 Å². The molecule has 3 N–H and O–H groups in total. The van der Waals surface area contributed by atoms with Gasteiger partial charge in [-0.2, -0.15) is 0 Å². The molecule has 0 unspecified atom stereocenters. The lowest BCUT2D eigenvalue weighted by molar-refractivity contribution is -0.125. The topological polar surface area (TPSA) is 78.4 Å². The summed E-state index contributed by atoms with van der Waals surface area (Å²) in [5.41, 5.74) is 1.13. The van der Waals surface area contributed by atoms with Gasteiger partial charge in [0.1, 0.15) is 5.01 Å². The van der Waals surface area contributed by atoms with Crippen molar-refractivity contribution >= 4 is 47.2 Å². The van der Waals surface area contributed by atoms with E-state index < -0.39 is 0 Å². The quantitative estimate of drug-likeness (QED) is 0.217. The van der Waals surface area contributed by atoms with Crippen LogP contribution in [0.1, 0.15) is 69.5 Å². The van der Waals surface area contributed by atoms with Crippen LogP contribution in [-0.2, 0) is 11.3 Å². The van der Waals surface area contributed by atoms with Crippen molar-refractivity contribution in [2.45, 2.75) is 65.3 Å². The summed E-state index contributed by atoms with van der Waals surface area (Å²) in [7, 11) is 0. The second-order valence-electron chi connectivity index (χ2n) is 7.07. The normalized spacial score (nSPS) is 15.3. The average Bonchev–Trinajstić information content (AvgIpc) is 3.13. The average molecular weight is 507 g/mol. The maximum Gasteiger partial charge on any atom is 0.223 e. The van der Waals surface area contributed by atoms with E-state index in [-0.39, 0.29) is 35.8 Å². The molecular formula is C19H34IN5OS. The first-order valence-corrected chi connectivity index (χ1v) is 10.7. The Hall–Kier alpha value is -0.900. The molecule has 1 aromatic rings. The maximum absolute atomic E-state index is 12.1. The summed E-state index contributed by atoms with van der Waals surface area (Å²) in [6.45, 7) is 9.00. The lowest BCUT2D eigenvalue weighted by Gasteiger charge is -2.20. The molecule has 0 atom stereocenters. The highest BCUT2D eigenvalue weighted by Crippen LogP contribution is 2.23. The van der Waals surface area contributed by atoms with Crippen LogP contribution < -0.4 is 16.0 Å². The lowest BCUT2D eigenvalue weighted by atomic mass is 9.89. The molecule has 0 aromatic carbocycles. The molecule has 27 heavy (non-hydrogen) atoms. The van der Waals surface area contributed by atoms with Gasteiger partial charge in [-0.05, 0) is 25.7 Å². The van der Waals surface area contributed by atoms with Gasteiger partial charge >= 0.3 is 0 Å². The monoisotopic (exact) mass is 507 g/mol. The Morgan fingerprint density at radius 2 is 1.93 bits per heavy atom. The zero-order valence-electron chi connectivity index (χ0n) is 16.7. The number of nitrogens with one attached hydrogen (secondary N) is 3. The van der Waals surface area contributed by atoms with Crippen molar-refractivity contribution in [3.05, 3.63) is 16.1 Å². The standard InChI is InChI=1S/C19H33N5OS.HI/c1-4-20-19(23-12-17-24-16(13-26-17)14(2)3)22-11-10-21-18(25)15-8-6-5-7-9-15;/h13-15H,4-12H2,1-3H3,(H,21,25)(H2,20,22,23);1H. The van der Waals surface area contributed by atoms with E-state index in [9.17, 15) is 4.79 Å². The molecule has 1 saturated carbocycles. The van der Waals surface area contributed by atoms with E-state index in [2.05, 4.69) is 45.2 Å². The van der Waals surface area contributed by atoms with Crippen molar-refractivity contribution in [3.63, 3.8) is 0 Å². The predicted octanol–water partition coefficient (Wildman–Crippen LogP) is 3.64. The van der Waals surface area contributed by atoms with E-state index in [4.69, 9.17) is 0 Å². The highest BCUT2D eigenvalue weighted by atomic mass is 127. The van der Waals surface area contributed by atoms with E-state index in [1.54, 1.807) is 11.3 Å². The number of aliphatic imine (C=N–C) groups is 1. The number of thiazole rings is 1. The number of nitrogens with zero attached hydrogens (tertiary/aromatic N) is 2. The summed E-state index contributed by atoms with van der Waals surface area (Å²) in [6.07, 6.45) is 5.71. The third kappa shape index (κ3) is 8.76. The summed E-state index contributed by atoms with van der Waals surface area (Å²) in [6, 6.07) is 0. The molecule has 0 saturated heterocycles. The fourth-order valence-corrected chi connectivity index (χ4v) is 3.91. The van der Waals surface area contributed by atoms with Crippen molar-refractivity contribution in [2.24, 2.45) is 10.9 Å². The van der Waals surface area contributed by atoms with Gasteiger partial charge in [0.2, 0.25) is 5.91 Å². The van der Waals surface area contributed by atoms with Gasteiger partial charge in [-0.1, -0.05) is 33.1 Å². The van der Waals surface area contributed by atoms with Gasteiger partial charge in [-0.25, -0.2) is 9.98 Å². The van der Waals surface area contributed by atoms with Gasteiger partial charge in [-0.15, -0.1) is 35.3 Å². The molecule has 6 nitrogen and oxygen atoms in total. The van der Waals surface area contributed by atoms with Crippen LogP contribution in [0, 0.1) is 5.92 Å². The van der Waals surface area contributed by atoms with Crippen LogP contribution in [0.5, 0.6) is 0 Å². The minimum absolute atomic E-state index is 0. The van der Waals surface area contributed by atoms with E-state index in [1.165, 1.54) is 19.3 Å². The summed E-state index contributed by atoms with van der Waals surface area (Å²) >= 11 is 1.66. The molecule has 0 aliphatic heterocycles. The highest BCUT2D eigenvalue weighted by molar-refractivity contribution is 14.0. The number of carbonyl (C=O) groups is 1. The van der Waals surface area contributed by atoms with Crippen LogP contribution in [-0.4, -0.2) is 36.5 Å². The molecule has 0 bridgehead atoms. The van der Waals surface area contributed by atoms with E-state index >= 15 is 0 Å². The Labute approximate surface area is 184 Å². The van der Waals surface area contributed by atoms with Crippen molar-refractivity contribution in [2.75, 3.05) is 19.6 Å². The minimum atomic E-state index is 0. The molecule has 1 aliphatic rings. The number of guanidine groups is 1.